The van der Waals surface area contributed by atoms with Crippen LogP contribution in [0.15, 0.2) is 138 Å². The van der Waals surface area contributed by atoms with Crippen LogP contribution < -0.4 is 0 Å². The fourth-order valence-electron chi connectivity index (χ4n) is 6.26. The number of hydrogen-bond acceptors (Lipinski definition) is 0. The van der Waals surface area contributed by atoms with Crippen molar-refractivity contribution in [1.82, 2.24) is 0 Å². The first-order valence-corrected chi connectivity index (χ1v) is 23.3. The Morgan fingerprint density at radius 2 is 1.95 bits per heavy atom. The molecule has 2 bridgehead atoms. The van der Waals surface area contributed by atoms with Crippen LogP contribution in [0.25, 0.3) is 0 Å². The van der Waals surface area contributed by atoms with Gasteiger partial charge in [-0.25, -0.2) is 0 Å². The molecule has 2 heteroatoms. The van der Waals surface area contributed by atoms with Gasteiger partial charge in [0, 0.05) is 0 Å². The normalized spacial score (nSPS) is 25.8. The SMILES string of the molecule is C=C=C1[C@H]2CC3=C(CCC=C3)C1([Te][Te]Cc1cccc(C3C=CCc4ccccc43)c1)C=CC=CC2=C. The summed E-state index contributed by atoms with van der Waals surface area (Å²) in [6, 6.07) is 18.4. The van der Waals surface area contributed by atoms with Crippen molar-refractivity contribution in [2.75, 3.05) is 0 Å². The van der Waals surface area contributed by atoms with E-state index in [1.807, 2.05) is 0 Å². The molecular weight excluding hydrogens is 676 g/mol. The summed E-state index contributed by atoms with van der Waals surface area (Å²) in [4.78, 5) is 0. The molecule has 0 aromatic heterocycles. The van der Waals surface area contributed by atoms with E-state index in [0.717, 1.165) is 19.3 Å². The van der Waals surface area contributed by atoms with Crippen LogP contribution in [0.5, 0.6) is 0 Å². The average Bonchev–Trinajstić information content (AvgIpc) is 2.94. The van der Waals surface area contributed by atoms with E-state index >= 15 is 0 Å². The van der Waals surface area contributed by atoms with Crippen LogP contribution in [0, 0.1) is 5.92 Å². The number of rotatable bonds is 5. The van der Waals surface area contributed by atoms with Gasteiger partial charge >= 0.3 is 240 Å². The molecule has 0 heterocycles. The minimum atomic E-state index is -0.306. The zero-order valence-electron chi connectivity index (χ0n) is 21.2. The van der Waals surface area contributed by atoms with Gasteiger partial charge in [0.1, 0.15) is 0 Å². The van der Waals surface area contributed by atoms with Crippen molar-refractivity contribution in [2.45, 2.75) is 39.5 Å². The van der Waals surface area contributed by atoms with E-state index < -0.39 is 0 Å². The summed E-state index contributed by atoms with van der Waals surface area (Å²) in [6.07, 6.45) is 23.2. The molecule has 0 amide bonds. The van der Waals surface area contributed by atoms with Gasteiger partial charge in [-0.15, -0.1) is 0 Å². The van der Waals surface area contributed by atoms with Crippen molar-refractivity contribution < 1.29 is 0 Å². The third-order valence-corrected chi connectivity index (χ3v) is 21.7. The first-order chi connectivity index (χ1) is 18.2. The second-order valence-electron chi connectivity index (χ2n) is 10.2. The van der Waals surface area contributed by atoms with Crippen LogP contribution in [0.4, 0.5) is 0 Å². The van der Waals surface area contributed by atoms with Crippen molar-refractivity contribution in [2.24, 2.45) is 5.92 Å². The van der Waals surface area contributed by atoms with E-state index in [4.69, 9.17) is 0 Å². The van der Waals surface area contributed by atoms with Crippen LogP contribution in [-0.4, -0.2) is 34.1 Å². The Balaban J connectivity index is 1.28. The molecule has 0 spiro atoms. The van der Waals surface area contributed by atoms with Gasteiger partial charge in [0.15, 0.2) is 0 Å². The minimum absolute atomic E-state index is 0.0917. The van der Waals surface area contributed by atoms with Crippen molar-refractivity contribution >= 4 is 34.1 Å². The predicted molar refractivity (Wildman–Crippen MR) is 159 cm³/mol. The Bertz CT molecular complexity index is 1440. The molecule has 0 aliphatic heterocycles. The molecule has 3 atom stereocenters. The molecule has 0 radical (unpaired) electrons. The second-order valence-corrected chi connectivity index (χ2v) is 21.7. The molecule has 0 fully saturated rings. The van der Waals surface area contributed by atoms with Gasteiger partial charge in [0.25, 0.3) is 0 Å². The van der Waals surface area contributed by atoms with E-state index in [-0.39, 0.29) is 37.6 Å². The van der Waals surface area contributed by atoms with Crippen molar-refractivity contribution in [1.29, 1.82) is 0 Å². The molecule has 184 valence electrons. The Morgan fingerprint density at radius 3 is 2.86 bits per heavy atom. The first-order valence-electron chi connectivity index (χ1n) is 13.2. The van der Waals surface area contributed by atoms with E-state index in [1.54, 1.807) is 11.1 Å². The molecule has 0 saturated heterocycles. The van der Waals surface area contributed by atoms with Gasteiger partial charge in [0.05, 0.1) is 0 Å². The number of benzene rings is 2. The van der Waals surface area contributed by atoms with Gasteiger partial charge in [-0.05, 0) is 0 Å². The third kappa shape index (κ3) is 4.81. The van der Waals surface area contributed by atoms with Crippen LogP contribution in [0.3, 0.4) is 0 Å². The van der Waals surface area contributed by atoms with Crippen molar-refractivity contribution in [3.63, 3.8) is 0 Å². The molecule has 4 aliphatic carbocycles. The van der Waals surface area contributed by atoms with Crippen molar-refractivity contribution in [3.8, 4) is 0 Å². The number of allylic oxidation sites excluding steroid dienone is 12. The van der Waals surface area contributed by atoms with Crippen LogP contribution in [0.1, 0.15) is 47.4 Å². The van der Waals surface area contributed by atoms with Gasteiger partial charge in [-0.2, -0.15) is 0 Å². The first kappa shape index (κ1) is 25.3. The second kappa shape index (κ2) is 11.0. The van der Waals surface area contributed by atoms with Crippen LogP contribution in [-0.2, 0) is 10.9 Å². The zero-order valence-corrected chi connectivity index (χ0v) is 25.8. The van der Waals surface area contributed by atoms with E-state index in [9.17, 15) is 0 Å². The van der Waals surface area contributed by atoms with Gasteiger partial charge in [-0.3, -0.25) is 0 Å². The van der Waals surface area contributed by atoms with E-state index in [2.05, 4.69) is 116 Å². The fraction of sp³-hybridized carbons (Fsp3) is 0.229. The van der Waals surface area contributed by atoms with Gasteiger partial charge in [-0.1, -0.05) is 0 Å². The molecule has 4 aliphatic rings. The van der Waals surface area contributed by atoms with E-state index in [1.165, 1.54) is 44.3 Å². The third-order valence-electron chi connectivity index (χ3n) is 8.06. The number of hydrogen-bond donors (Lipinski definition) is 0. The molecule has 2 aromatic carbocycles. The Hall–Kier alpha value is -2.02. The Labute approximate surface area is 238 Å². The zero-order chi connectivity index (χ0) is 25.2. The van der Waals surface area contributed by atoms with Gasteiger partial charge in [0.2, 0.25) is 0 Å². The molecule has 0 N–H and O–H groups in total. The number of fused-ring (bicyclic) bond motifs is 4. The summed E-state index contributed by atoms with van der Waals surface area (Å²) in [6.45, 7) is 8.70. The monoisotopic (exact) mass is 712 g/mol. The van der Waals surface area contributed by atoms with E-state index in [0.29, 0.717) is 11.8 Å². The molecule has 0 nitrogen and oxygen atoms in total. The molecular formula is C35H32Te2. The summed E-state index contributed by atoms with van der Waals surface area (Å²) in [5, 5.41) is 0. The predicted octanol–water partition coefficient (Wildman–Crippen LogP) is 7.97. The summed E-state index contributed by atoms with van der Waals surface area (Å²) in [5.41, 5.74) is 15.3. The molecule has 6 rings (SSSR count). The van der Waals surface area contributed by atoms with Crippen molar-refractivity contribution in [3.05, 3.63) is 161 Å². The summed E-state index contributed by atoms with van der Waals surface area (Å²) >= 11 is -0.473. The molecule has 37 heavy (non-hydrogen) atoms. The average molecular weight is 708 g/mol. The molecule has 2 aromatic rings. The Kier molecular flexibility index (Phi) is 7.51. The van der Waals surface area contributed by atoms with Gasteiger partial charge < -0.3 is 0 Å². The summed E-state index contributed by atoms with van der Waals surface area (Å²) in [7, 11) is 0. The quantitative estimate of drug-likeness (QED) is 0.168. The van der Waals surface area contributed by atoms with Crippen LogP contribution >= 0.6 is 0 Å². The standard InChI is InChI=1S/C35H32Te2/c1-3-33-32-23-29-15-5-7-20-34(29)35(33,21-9-8-12-25(32)2)37-36-24-26-13-10-17-28(22-26)31-19-11-16-27-14-4-6-18-30(27)31/h4-6,8-15,17-19,21-22,31-32H,1-2,7,16,20,23-24H2/t31?,32-,35?/m0/s1. The fourth-order valence-corrected chi connectivity index (χ4v) is 22.1. The maximum absolute atomic E-state index is 4.46. The summed E-state index contributed by atoms with van der Waals surface area (Å²) in [5.74, 6) is 0.724. The molecule has 2 unspecified atom stereocenters. The maximum atomic E-state index is 4.46. The Morgan fingerprint density at radius 1 is 1.03 bits per heavy atom. The van der Waals surface area contributed by atoms with Crippen LogP contribution in [0.2, 0.25) is 3.46 Å². The summed E-state index contributed by atoms with van der Waals surface area (Å²) < 4.78 is 1.35. The topological polar surface area (TPSA) is 0 Å². The molecule has 0 saturated carbocycles.